The fourth-order valence-corrected chi connectivity index (χ4v) is 16.5. The van der Waals surface area contributed by atoms with E-state index < -0.39 is 0 Å². The third-order valence-electron chi connectivity index (χ3n) is 18.5. The average molecular weight is 1270 g/mol. The number of hydrogen-bond acceptors (Lipinski definition) is 9. The Morgan fingerprint density at radius 1 is 0.208 bits per heavy atom. The Bertz CT molecular complexity index is 5620. The first-order chi connectivity index (χ1) is 47.6. The fourth-order valence-electron chi connectivity index (χ4n) is 14.0. The van der Waals surface area contributed by atoms with Gasteiger partial charge in [0.05, 0.1) is 17.1 Å². The smallest absolute Gasteiger partial charge is 0.144 e. The molecule has 0 amide bonds. The molecule has 21 rings (SSSR count). The van der Waals surface area contributed by atoms with Crippen molar-refractivity contribution in [1.82, 2.24) is 15.0 Å². The van der Waals surface area contributed by atoms with Crippen molar-refractivity contribution in [3.63, 3.8) is 0 Å². The summed E-state index contributed by atoms with van der Waals surface area (Å²) in [5, 5.41) is 14.2. The van der Waals surface area contributed by atoms with Gasteiger partial charge in [0.25, 0.3) is 0 Å². The van der Waals surface area contributed by atoms with Crippen LogP contribution in [-0.2, 0) is 0 Å². The van der Waals surface area contributed by atoms with Crippen molar-refractivity contribution in [2.45, 2.75) is 0 Å². The van der Waals surface area contributed by atoms with Gasteiger partial charge in [-0.1, -0.05) is 206 Å². The fraction of sp³-hybridized carbons (Fsp3) is 0. The molecule has 96 heavy (non-hydrogen) atoms. The van der Waals surface area contributed by atoms with E-state index in [1.165, 1.54) is 57.0 Å². The molecule has 0 radical (unpaired) electrons. The van der Waals surface area contributed by atoms with Gasteiger partial charge in [-0.2, -0.15) is 0 Å². The van der Waals surface area contributed by atoms with E-state index in [4.69, 9.17) is 27.6 Å². The molecule has 7 nitrogen and oxygen atoms in total. The standard InChI is InChI=1S/C29H17NO2.2C29H17NOS/c1-3-13-26-20(7-1)22-10-5-9-19(28(22)31-26)18-15-16-30-25(17-18)24-12-6-11-23-21-8-2-4-14-27(21)32-29(23)24;1-3-13-26-20(7-1)22-10-6-12-24(28(22)31-26)25-17-18(15-16-30-25)19-9-5-11-23-21-8-2-4-14-27(21)32-29(19)23;1-3-13-26-20(7-1)22-10-5-9-19(28(22)31-26)18-15-16-30-25(17-18)24-12-6-11-23-21-8-2-4-14-27(21)32-29(23)24/h3*1-17H. The highest BCUT2D eigenvalue weighted by molar-refractivity contribution is 7.26. The van der Waals surface area contributed by atoms with Crippen LogP contribution in [0.3, 0.4) is 0 Å². The molecule has 0 bridgehead atoms. The number of para-hydroxylation sites is 8. The van der Waals surface area contributed by atoms with Gasteiger partial charge in [0.1, 0.15) is 44.7 Å². The number of nitrogens with zero attached hydrogens (tertiary/aromatic N) is 3. The van der Waals surface area contributed by atoms with Crippen molar-refractivity contribution in [1.29, 1.82) is 0 Å². The highest BCUT2D eigenvalue weighted by atomic mass is 32.1. The Hall–Kier alpha value is -12.3. The van der Waals surface area contributed by atoms with Crippen LogP contribution in [0.15, 0.2) is 327 Å². The van der Waals surface area contributed by atoms with Crippen LogP contribution in [0.25, 0.3) is 195 Å². The molecule has 0 fully saturated rings. The van der Waals surface area contributed by atoms with Crippen molar-refractivity contribution in [2.75, 3.05) is 0 Å². The molecule has 9 heterocycles. The summed E-state index contributed by atoms with van der Waals surface area (Å²) in [7, 11) is 0. The zero-order valence-corrected chi connectivity index (χ0v) is 52.9. The lowest BCUT2D eigenvalue weighted by Gasteiger charge is -2.07. The quantitative estimate of drug-likeness (QED) is 0.164. The first-order valence-electron chi connectivity index (χ1n) is 31.9. The third-order valence-corrected chi connectivity index (χ3v) is 20.9. The molecular weight excluding hydrogens is 1220 g/mol. The third kappa shape index (κ3) is 9.27. The molecule has 12 aromatic carbocycles. The van der Waals surface area contributed by atoms with Crippen molar-refractivity contribution in [3.05, 3.63) is 310 Å². The average Bonchev–Trinajstić information content (AvgIpc) is 1.61. The maximum absolute atomic E-state index is 6.28. The molecule has 21 aromatic rings. The monoisotopic (exact) mass is 1270 g/mol. The molecule has 9 aromatic heterocycles. The minimum atomic E-state index is 0.861. The van der Waals surface area contributed by atoms with Gasteiger partial charge in [-0.3, -0.25) is 15.0 Å². The van der Waals surface area contributed by atoms with Crippen molar-refractivity contribution in [3.8, 4) is 67.2 Å². The van der Waals surface area contributed by atoms with Crippen molar-refractivity contribution < 1.29 is 17.7 Å². The van der Waals surface area contributed by atoms with Gasteiger partial charge in [0, 0.05) is 130 Å². The van der Waals surface area contributed by atoms with E-state index in [1.54, 1.807) is 0 Å². The summed E-state index contributed by atoms with van der Waals surface area (Å²) in [5.74, 6) is 0. The van der Waals surface area contributed by atoms with Gasteiger partial charge in [-0.15, -0.1) is 22.7 Å². The Balaban J connectivity index is 0.000000102. The van der Waals surface area contributed by atoms with Crippen LogP contribution in [-0.4, -0.2) is 15.0 Å². The number of pyridine rings is 3. The first kappa shape index (κ1) is 55.4. The van der Waals surface area contributed by atoms with Gasteiger partial charge < -0.3 is 17.7 Å². The lowest BCUT2D eigenvalue weighted by molar-refractivity contribution is 0.669. The minimum absolute atomic E-state index is 0.861. The van der Waals surface area contributed by atoms with Gasteiger partial charge in [-0.05, 0) is 107 Å². The van der Waals surface area contributed by atoms with Crippen LogP contribution in [0.4, 0.5) is 0 Å². The molecule has 0 saturated carbocycles. The molecule has 0 unspecified atom stereocenters. The van der Waals surface area contributed by atoms with Gasteiger partial charge >= 0.3 is 0 Å². The summed E-state index contributed by atoms with van der Waals surface area (Å²) >= 11 is 3.68. The Kier molecular flexibility index (Phi) is 13.1. The summed E-state index contributed by atoms with van der Waals surface area (Å²) in [5.41, 5.74) is 19.8. The highest BCUT2D eigenvalue weighted by Crippen LogP contribution is 2.45. The zero-order valence-electron chi connectivity index (χ0n) is 51.2. The summed E-state index contributed by atoms with van der Waals surface area (Å²) in [4.78, 5) is 14.2. The van der Waals surface area contributed by atoms with Crippen molar-refractivity contribution >= 4 is 151 Å². The molecule has 0 aliphatic carbocycles. The minimum Gasteiger partial charge on any atom is -0.455 e. The maximum Gasteiger partial charge on any atom is 0.144 e. The number of furan rings is 4. The molecule has 0 aliphatic heterocycles. The van der Waals surface area contributed by atoms with Gasteiger partial charge in [0.2, 0.25) is 0 Å². The lowest BCUT2D eigenvalue weighted by atomic mass is 10.00. The second-order valence-corrected chi connectivity index (χ2v) is 26.1. The van der Waals surface area contributed by atoms with Crippen LogP contribution < -0.4 is 0 Å². The number of hydrogen-bond donors (Lipinski definition) is 0. The maximum atomic E-state index is 6.28. The predicted octanol–water partition coefficient (Wildman–Crippen LogP) is 25.6. The van der Waals surface area contributed by atoms with Gasteiger partial charge in [0.15, 0.2) is 0 Å². The molecule has 450 valence electrons. The summed E-state index contributed by atoms with van der Waals surface area (Å²) in [6, 6.07) is 101. The normalized spacial score (nSPS) is 11.8. The molecule has 0 saturated heterocycles. The number of aromatic nitrogens is 3. The first-order valence-corrected chi connectivity index (χ1v) is 33.6. The largest absolute Gasteiger partial charge is 0.455 e. The predicted molar refractivity (Wildman–Crippen MR) is 400 cm³/mol. The summed E-state index contributed by atoms with van der Waals surface area (Å²) in [6.07, 6.45) is 5.66. The SMILES string of the molecule is c1ccc2c(c1)oc1c(-c3cc(-c4cccc5c4sc4ccccc45)ccn3)cccc12.c1ccc2c(c1)oc1c(-c3ccnc(-c4cccc5c4oc4ccccc45)c3)cccc12.c1ccc2c(c1)oc1c(-c3ccnc(-c4cccc5c4sc4ccccc45)c3)cccc12. The van der Waals surface area contributed by atoms with E-state index in [0.717, 1.165) is 138 Å². The van der Waals surface area contributed by atoms with E-state index >= 15 is 0 Å². The van der Waals surface area contributed by atoms with E-state index in [0.29, 0.717) is 0 Å². The second kappa shape index (κ2) is 22.8. The Morgan fingerprint density at radius 2 is 0.479 bits per heavy atom. The van der Waals surface area contributed by atoms with E-state index in [1.807, 2.05) is 108 Å². The van der Waals surface area contributed by atoms with Crippen LogP contribution in [0.5, 0.6) is 0 Å². The van der Waals surface area contributed by atoms with E-state index in [-0.39, 0.29) is 0 Å². The number of rotatable bonds is 6. The zero-order chi connectivity index (χ0) is 63.2. The highest BCUT2D eigenvalue weighted by Gasteiger charge is 2.20. The Labute approximate surface area is 556 Å². The van der Waals surface area contributed by atoms with E-state index in [2.05, 4.69) is 229 Å². The van der Waals surface area contributed by atoms with Crippen LogP contribution in [0.2, 0.25) is 0 Å². The summed E-state index contributed by atoms with van der Waals surface area (Å²) in [6.45, 7) is 0. The molecule has 0 spiro atoms. The number of benzene rings is 12. The summed E-state index contributed by atoms with van der Waals surface area (Å²) < 4.78 is 30.2. The van der Waals surface area contributed by atoms with Gasteiger partial charge in [-0.25, -0.2) is 0 Å². The molecule has 0 N–H and O–H groups in total. The number of fused-ring (bicyclic) bond motifs is 18. The molecule has 0 aliphatic rings. The topological polar surface area (TPSA) is 91.2 Å². The van der Waals surface area contributed by atoms with E-state index in [9.17, 15) is 0 Å². The molecule has 0 atom stereocenters. The second-order valence-electron chi connectivity index (χ2n) is 24.0. The van der Waals surface area contributed by atoms with Crippen LogP contribution >= 0.6 is 22.7 Å². The molecule has 9 heteroatoms. The van der Waals surface area contributed by atoms with Crippen molar-refractivity contribution in [2.24, 2.45) is 0 Å². The van der Waals surface area contributed by atoms with Crippen LogP contribution in [0.1, 0.15) is 0 Å². The lowest BCUT2D eigenvalue weighted by Crippen LogP contribution is -1.86. The van der Waals surface area contributed by atoms with Crippen LogP contribution in [0, 0.1) is 0 Å². The molecular formula is C87H51N3O4S2. The Morgan fingerprint density at radius 3 is 0.875 bits per heavy atom. The number of thiophene rings is 2.